The van der Waals surface area contributed by atoms with Gasteiger partial charge in [0.15, 0.2) is 5.58 Å². The smallest absolute Gasteiger partial charge is 0.269 e. The van der Waals surface area contributed by atoms with Crippen LogP contribution in [-0.2, 0) is 6.54 Å². The number of hydrogen-bond donors (Lipinski definition) is 0. The summed E-state index contributed by atoms with van der Waals surface area (Å²) < 4.78 is 20.8. The molecule has 1 saturated heterocycles. The van der Waals surface area contributed by atoms with Gasteiger partial charge in [0, 0.05) is 38.4 Å². The van der Waals surface area contributed by atoms with Crippen LogP contribution in [0.2, 0.25) is 0 Å². The molecule has 1 aliphatic rings. The van der Waals surface area contributed by atoms with Crippen molar-refractivity contribution in [2.75, 3.05) is 37.6 Å². The van der Waals surface area contributed by atoms with E-state index in [0.717, 1.165) is 68.9 Å². The highest BCUT2D eigenvalue weighted by molar-refractivity contribution is 7.71. The molecular formula is C23H30FN3OS. The van der Waals surface area contributed by atoms with E-state index >= 15 is 0 Å². The number of nitrogens with zero attached hydrogens (tertiary/aromatic N) is 3. The second-order valence-corrected chi connectivity index (χ2v) is 7.35. The van der Waals surface area contributed by atoms with Gasteiger partial charge in [0.05, 0.1) is 5.52 Å². The number of oxazole rings is 1. The van der Waals surface area contributed by atoms with Crippen molar-refractivity contribution in [3.05, 3.63) is 59.2 Å². The Bertz CT molecular complexity index is 943. The van der Waals surface area contributed by atoms with Gasteiger partial charge in [-0.05, 0) is 68.0 Å². The van der Waals surface area contributed by atoms with Gasteiger partial charge in [-0.3, -0.25) is 9.47 Å². The van der Waals surface area contributed by atoms with E-state index in [9.17, 15) is 4.39 Å². The number of halogens is 1. The Morgan fingerprint density at radius 2 is 1.55 bits per heavy atom. The lowest BCUT2D eigenvalue weighted by molar-refractivity contribution is 0.251. The molecule has 1 fully saturated rings. The Morgan fingerprint density at radius 3 is 2.28 bits per heavy atom. The molecule has 0 unspecified atom stereocenters. The minimum absolute atomic E-state index is 0.178. The molecule has 0 N–H and O–H groups in total. The van der Waals surface area contributed by atoms with Crippen LogP contribution in [0.4, 0.5) is 10.1 Å². The Balaban J connectivity index is 0.00000117. The Labute approximate surface area is 177 Å². The molecule has 0 saturated carbocycles. The first-order chi connectivity index (χ1) is 14.2. The zero-order chi connectivity index (χ0) is 20.6. The van der Waals surface area contributed by atoms with E-state index in [1.54, 1.807) is 0 Å². The summed E-state index contributed by atoms with van der Waals surface area (Å²) in [5.41, 5.74) is 3.05. The van der Waals surface area contributed by atoms with Crippen LogP contribution in [0.25, 0.3) is 11.1 Å². The van der Waals surface area contributed by atoms with Crippen LogP contribution in [0.15, 0.2) is 52.9 Å². The van der Waals surface area contributed by atoms with Crippen LogP contribution in [-0.4, -0.2) is 42.2 Å². The van der Waals surface area contributed by atoms with E-state index in [1.165, 1.54) is 12.1 Å². The van der Waals surface area contributed by atoms with Crippen molar-refractivity contribution in [2.24, 2.45) is 0 Å². The minimum Gasteiger partial charge on any atom is -0.429 e. The number of hydrogen-bond acceptors (Lipinski definition) is 4. The lowest BCUT2D eigenvalue weighted by Gasteiger charge is -2.36. The van der Waals surface area contributed by atoms with Crippen LogP contribution < -0.4 is 4.90 Å². The van der Waals surface area contributed by atoms with E-state index < -0.39 is 0 Å². The van der Waals surface area contributed by atoms with Crippen molar-refractivity contribution < 1.29 is 8.81 Å². The largest absolute Gasteiger partial charge is 0.429 e. The summed E-state index contributed by atoms with van der Waals surface area (Å²) in [7, 11) is 0. The van der Waals surface area contributed by atoms with Crippen molar-refractivity contribution in [1.29, 1.82) is 0 Å². The zero-order valence-corrected chi connectivity index (χ0v) is 18.1. The fourth-order valence-electron chi connectivity index (χ4n) is 3.71. The summed E-state index contributed by atoms with van der Waals surface area (Å²) in [6.07, 6.45) is 2.22. The number of piperazine rings is 1. The van der Waals surface area contributed by atoms with Gasteiger partial charge in [-0.25, -0.2) is 4.39 Å². The second kappa shape index (κ2) is 10.6. The van der Waals surface area contributed by atoms with Gasteiger partial charge in [-0.1, -0.05) is 26.0 Å². The van der Waals surface area contributed by atoms with Crippen LogP contribution in [0.1, 0.15) is 26.7 Å². The molecule has 29 heavy (non-hydrogen) atoms. The van der Waals surface area contributed by atoms with Gasteiger partial charge in [-0.2, -0.15) is 0 Å². The molecule has 2 heterocycles. The van der Waals surface area contributed by atoms with Crippen LogP contribution in [0.5, 0.6) is 0 Å². The monoisotopic (exact) mass is 415 g/mol. The third-order valence-corrected chi connectivity index (χ3v) is 5.55. The molecule has 0 spiro atoms. The molecule has 6 heteroatoms. The summed E-state index contributed by atoms with van der Waals surface area (Å²) in [4.78, 5) is 5.39. The average Bonchev–Trinajstić information content (AvgIpc) is 3.09. The Kier molecular flexibility index (Phi) is 7.83. The number of fused-ring (bicyclic) bond motifs is 1. The zero-order valence-electron chi connectivity index (χ0n) is 17.3. The topological polar surface area (TPSA) is 24.6 Å². The molecule has 2 aromatic carbocycles. The predicted octanol–water partition coefficient (Wildman–Crippen LogP) is 5.73. The number of rotatable bonds is 6. The number of aromatic nitrogens is 1. The summed E-state index contributed by atoms with van der Waals surface area (Å²) in [6.45, 7) is 10.1. The third kappa shape index (κ3) is 5.46. The molecule has 1 aliphatic heterocycles. The normalized spacial score (nSPS) is 14.7. The SMILES string of the molecule is CC.Fc1ccc(N2CCN(CCCCn3c(=S)oc4ccccc43)CC2)cc1. The highest BCUT2D eigenvalue weighted by Gasteiger charge is 2.16. The maximum atomic E-state index is 13.1. The number of anilines is 1. The molecule has 1 aromatic heterocycles. The third-order valence-electron chi connectivity index (χ3n) is 5.24. The molecule has 156 valence electrons. The molecular weight excluding hydrogens is 385 g/mol. The summed E-state index contributed by atoms with van der Waals surface area (Å²) in [5, 5.41) is 0. The first kappa shape index (κ1) is 21.5. The summed E-state index contributed by atoms with van der Waals surface area (Å²) in [6, 6.07) is 14.8. The standard InChI is InChI=1S/C21H24FN3OS.C2H6/c22-17-7-9-18(10-8-17)24-15-13-23(14-16-24)11-3-4-12-25-19-5-1-2-6-20(19)26-21(25)27;1-2/h1-2,5-10H,3-4,11-16H2;1-2H3. The van der Waals surface area contributed by atoms with E-state index in [0.29, 0.717) is 4.84 Å². The first-order valence-electron chi connectivity index (χ1n) is 10.5. The Hall–Kier alpha value is -2.18. The highest BCUT2D eigenvalue weighted by Crippen LogP contribution is 2.19. The molecule has 0 amide bonds. The van der Waals surface area contributed by atoms with Gasteiger partial charge in [0.2, 0.25) is 0 Å². The summed E-state index contributed by atoms with van der Waals surface area (Å²) in [5.74, 6) is -0.178. The number of aryl methyl sites for hydroxylation is 1. The van der Waals surface area contributed by atoms with Crippen molar-refractivity contribution in [1.82, 2.24) is 9.47 Å². The van der Waals surface area contributed by atoms with Crippen LogP contribution in [0, 0.1) is 10.7 Å². The van der Waals surface area contributed by atoms with E-state index in [4.69, 9.17) is 16.6 Å². The molecule has 0 bridgehead atoms. The average molecular weight is 416 g/mol. The fourth-order valence-corrected chi connectivity index (χ4v) is 3.99. The van der Waals surface area contributed by atoms with Gasteiger partial charge >= 0.3 is 0 Å². The maximum absolute atomic E-state index is 13.1. The quantitative estimate of drug-likeness (QED) is 0.379. The first-order valence-corrected chi connectivity index (χ1v) is 10.9. The van der Waals surface area contributed by atoms with Gasteiger partial charge in [0.1, 0.15) is 5.82 Å². The molecule has 0 radical (unpaired) electrons. The van der Waals surface area contributed by atoms with E-state index in [2.05, 4.69) is 20.4 Å². The van der Waals surface area contributed by atoms with Crippen molar-refractivity contribution in [2.45, 2.75) is 33.2 Å². The molecule has 3 aromatic rings. The predicted molar refractivity (Wildman–Crippen MR) is 121 cm³/mol. The summed E-state index contributed by atoms with van der Waals surface area (Å²) >= 11 is 5.35. The van der Waals surface area contributed by atoms with Gasteiger partial charge in [0.25, 0.3) is 4.84 Å². The Morgan fingerprint density at radius 1 is 0.897 bits per heavy atom. The van der Waals surface area contributed by atoms with E-state index in [1.807, 2.05) is 44.2 Å². The van der Waals surface area contributed by atoms with Gasteiger partial charge in [-0.15, -0.1) is 0 Å². The lowest BCUT2D eigenvalue weighted by Crippen LogP contribution is -2.46. The highest BCUT2D eigenvalue weighted by atomic mass is 32.1. The maximum Gasteiger partial charge on any atom is 0.269 e. The van der Waals surface area contributed by atoms with Crippen LogP contribution in [0.3, 0.4) is 0 Å². The van der Waals surface area contributed by atoms with Crippen molar-refractivity contribution in [3.8, 4) is 0 Å². The van der Waals surface area contributed by atoms with Crippen molar-refractivity contribution in [3.63, 3.8) is 0 Å². The molecule has 0 aliphatic carbocycles. The molecule has 4 nitrogen and oxygen atoms in total. The van der Waals surface area contributed by atoms with E-state index in [-0.39, 0.29) is 5.82 Å². The lowest BCUT2D eigenvalue weighted by atomic mass is 10.2. The van der Waals surface area contributed by atoms with Crippen molar-refractivity contribution >= 4 is 29.0 Å². The number of benzene rings is 2. The molecule has 4 rings (SSSR count). The number of unbranched alkanes of at least 4 members (excludes halogenated alkanes) is 1. The van der Waals surface area contributed by atoms with Crippen LogP contribution >= 0.6 is 12.2 Å². The number of para-hydroxylation sites is 2. The fraction of sp³-hybridized carbons (Fsp3) is 0.435. The molecule has 0 atom stereocenters. The second-order valence-electron chi connectivity index (χ2n) is 7.00. The van der Waals surface area contributed by atoms with Gasteiger partial charge < -0.3 is 9.32 Å². The minimum atomic E-state index is -0.178.